The Labute approximate surface area is 59.3 Å². The van der Waals surface area contributed by atoms with Gasteiger partial charge in [-0.15, -0.1) is 0 Å². The van der Waals surface area contributed by atoms with Crippen LogP contribution in [0, 0.1) is 18.6 Å². The summed E-state index contributed by atoms with van der Waals surface area (Å²) >= 11 is 0. The Morgan fingerprint density at radius 3 is 2.30 bits per heavy atom. The Bertz CT molecular complexity index is 208. The van der Waals surface area contributed by atoms with Crippen LogP contribution in [0.4, 0.5) is 8.78 Å². The van der Waals surface area contributed by atoms with Crippen LogP contribution in [0.5, 0.6) is 0 Å². The van der Waals surface area contributed by atoms with Gasteiger partial charge in [0, 0.05) is 6.07 Å². The topological polar surface area (TPSA) is 0 Å². The third kappa shape index (κ3) is 1.18. The molecule has 0 heterocycles. The predicted octanol–water partition coefficient (Wildman–Crippen LogP) is 1.07. The lowest BCUT2D eigenvalue weighted by atomic mass is 9.94. The standard InChI is InChI=1S/C7H5BF2/c1-4-2-5(8)7(10)3-6(4)9/h2-3H,1H3. The first kappa shape index (κ1) is 7.25. The highest BCUT2D eigenvalue weighted by Gasteiger charge is 2.01. The smallest absolute Gasteiger partial charge is 0.128 e. The number of aryl methyl sites for hydroxylation is 1. The molecular weight excluding hydrogens is 133 g/mol. The predicted molar refractivity (Wildman–Crippen MR) is 36.5 cm³/mol. The minimum atomic E-state index is -0.705. The van der Waals surface area contributed by atoms with Gasteiger partial charge in [-0.05, 0) is 12.5 Å². The van der Waals surface area contributed by atoms with Crippen molar-refractivity contribution in [2.45, 2.75) is 6.92 Å². The van der Waals surface area contributed by atoms with E-state index in [0.717, 1.165) is 6.07 Å². The fraction of sp³-hybridized carbons (Fsp3) is 0.143. The summed E-state index contributed by atoms with van der Waals surface area (Å²) in [7, 11) is 5.15. The molecule has 0 fully saturated rings. The third-order valence-electron chi connectivity index (χ3n) is 1.28. The van der Waals surface area contributed by atoms with Gasteiger partial charge in [0.2, 0.25) is 0 Å². The van der Waals surface area contributed by atoms with Crippen LogP contribution in [0.3, 0.4) is 0 Å². The summed E-state index contributed by atoms with van der Waals surface area (Å²) in [5, 5.41) is 0. The molecule has 0 unspecified atom stereocenters. The van der Waals surface area contributed by atoms with Gasteiger partial charge in [-0.3, -0.25) is 0 Å². The summed E-state index contributed by atoms with van der Waals surface area (Å²) in [6.07, 6.45) is 0. The Morgan fingerprint density at radius 1 is 1.20 bits per heavy atom. The van der Waals surface area contributed by atoms with Gasteiger partial charge < -0.3 is 0 Å². The molecule has 0 N–H and O–H groups in total. The number of rotatable bonds is 0. The molecule has 0 spiro atoms. The van der Waals surface area contributed by atoms with Gasteiger partial charge in [-0.25, -0.2) is 8.78 Å². The van der Waals surface area contributed by atoms with Crippen molar-refractivity contribution in [3.8, 4) is 0 Å². The summed E-state index contributed by atoms with van der Waals surface area (Å²) in [4.78, 5) is 0. The average Bonchev–Trinajstić information content (AvgIpc) is 1.84. The van der Waals surface area contributed by atoms with Gasteiger partial charge in [-0.1, -0.05) is 11.5 Å². The molecule has 50 valence electrons. The fourth-order valence-corrected chi connectivity index (χ4v) is 0.680. The first-order valence-electron chi connectivity index (χ1n) is 2.82. The molecule has 0 aliphatic heterocycles. The molecular formula is C7H5BF2. The van der Waals surface area contributed by atoms with Crippen LogP contribution in [-0.2, 0) is 0 Å². The van der Waals surface area contributed by atoms with Crippen LogP contribution in [0.15, 0.2) is 12.1 Å². The van der Waals surface area contributed by atoms with Gasteiger partial charge >= 0.3 is 0 Å². The van der Waals surface area contributed by atoms with Gasteiger partial charge in [0.05, 0.1) is 0 Å². The molecule has 0 saturated heterocycles. The Kier molecular flexibility index (Phi) is 1.75. The van der Waals surface area contributed by atoms with E-state index in [9.17, 15) is 8.78 Å². The zero-order valence-corrected chi connectivity index (χ0v) is 5.49. The fourth-order valence-electron chi connectivity index (χ4n) is 0.680. The van der Waals surface area contributed by atoms with E-state index in [1.54, 1.807) is 0 Å². The van der Waals surface area contributed by atoms with Crippen molar-refractivity contribution in [3.05, 3.63) is 29.3 Å². The van der Waals surface area contributed by atoms with Crippen molar-refractivity contribution in [2.24, 2.45) is 0 Å². The molecule has 0 amide bonds. The Morgan fingerprint density at radius 2 is 1.80 bits per heavy atom. The number of hydrogen-bond donors (Lipinski definition) is 0. The molecule has 0 aliphatic carbocycles. The van der Waals surface area contributed by atoms with Gasteiger partial charge in [0.15, 0.2) is 0 Å². The van der Waals surface area contributed by atoms with E-state index in [0.29, 0.717) is 5.56 Å². The lowest BCUT2D eigenvalue weighted by Crippen LogP contribution is -2.09. The van der Waals surface area contributed by atoms with Crippen molar-refractivity contribution >= 4 is 13.3 Å². The van der Waals surface area contributed by atoms with E-state index in [1.807, 2.05) is 0 Å². The molecule has 0 aliphatic rings. The van der Waals surface area contributed by atoms with E-state index < -0.39 is 11.6 Å². The Hall–Kier alpha value is -0.855. The quantitative estimate of drug-likeness (QED) is 0.470. The minimum Gasteiger partial charge on any atom is -0.208 e. The van der Waals surface area contributed by atoms with Gasteiger partial charge in [-0.2, -0.15) is 0 Å². The van der Waals surface area contributed by atoms with Crippen molar-refractivity contribution < 1.29 is 8.78 Å². The molecule has 0 nitrogen and oxygen atoms in total. The number of hydrogen-bond acceptors (Lipinski definition) is 0. The van der Waals surface area contributed by atoms with E-state index in [4.69, 9.17) is 7.85 Å². The van der Waals surface area contributed by atoms with Gasteiger partial charge in [0.25, 0.3) is 0 Å². The van der Waals surface area contributed by atoms with E-state index in [2.05, 4.69) is 0 Å². The zero-order valence-electron chi connectivity index (χ0n) is 5.49. The zero-order chi connectivity index (χ0) is 7.72. The maximum atomic E-state index is 12.5. The highest BCUT2D eigenvalue weighted by molar-refractivity contribution is 6.32. The van der Waals surface area contributed by atoms with Crippen molar-refractivity contribution in [3.63, 3.8) is 0 Å². The first-order chi connectivity index (χ1) is 4.61. The molecule has 0 bridgehead atoms. The summed E-state index contributed by atoms with van der Waals surface area (Å²) < 4.78 is 24.9. The average molecular weight is 138 g/mol. The largest absolute Gasteiger partial charge is 0.208 e. The van der Waals surface area contributed by atoms with E-state index in [1.165, 1.54) is 13.0 Å². The molecule has 1 aromatic rings. The molecule has 10 heavy (non-hydrogen) atoms. The lowest BCUT2D eigenvalue weighted by Gasteiger charge is -1.98. The molecule has 1 aromatic carbocycles. The molecule has 2 radical (unpaired) electrons. The SMILES string of the molecule is [B]c1cc(C)c(F)cc1F. The molecule has 1 rings (SSSR count). The second kappa shape index (κ2) is 2.41. The van der Waals surface area contributed by atoms with E-state index >= 15 is 0 Å². The summed E-state index contributed by atoms with van der Waals surface area (Å²) in [6.45, 7) is 1.53. The second-order valence-corrected chi connectivity index (χ2v) is 2.12. The second-order valence-electron chi connectivity index (χ2n) is 2.12. The van der Waals surface area contributed by atoms with Crippen molar-refractivity contribution in [2.75, 3.05) is 0 Å². The molecule has 0 atom stereocenters. The van der Waals surface area contributed by atoms with Crippen LogP contribution in [-0.4, -0.2) is 7.85 Å². The number of halogens is 2. The van der Waals surface area contributed by atoms with Crippen LogP contribution in [0.1, 0.15) is 5.56 Å². The molecule has 0 saturated carbocycles. The number of benzene rings is 1. The normalized spacial score (nSPS) is 9.90. The maximum Gasteiger partial charge on any atom is 0.128 e. The maximum absolute atomic E-state index is 12.5. The lowest BCUT2D eigenvalue weighted by molar-refractivity contribution is 0.582. The molecule has 3 heteroatoms. The Balaban J connectivity index is 3.28. The van der Waals surface area contributed by atoms with Crippen LogP contribution in [0.25, 0.3) is 0 Å². The minimum absolute atomic E-state index is 0.0149. The van der Waals surface area contributed by atoms with Crippen LogP contribution in [0.2, 0.25) is 0 Å². The van der Waals surface area contributed by atoms with Crippen molar-refractivity contribution in [1.82, 2.24) is 0 Å². The van der Waals surface area contributed by atoms with Crippen LogP contribution < -0.4 is 5.46 Å². The van der Waals surface area contributed by atoms with Crippen LogP contribution >= 0.6 is 0 Å². The van der Waals surface area contributed by atoms with Crippen molar-refractivity contribution in [1.29, 1.82) is 0 Å². The van der Waals surface area contributed by atoms with Gasteiger partial charge in [0.1, 0.15) is 19.5 Å². The third-order valence-corrected chi connectivity index (χ3v) is 1.28. The van der Waals surface area contributed by atoms with E-state index in [-0.39, 0.29) is 5.46 Å². The summed E-state index contributed by atoms with van der Waals surface area (Å²) in [5.41, 5.74) is 0.345. The first-order valence-corrected chi connectivity index (χ1v) is 2.82. The summed E-state index contributed by atoms with van der Waals surface area (Å²) in [5.74, 6) is -1.27. The summed E-state index contributed by atoms with van der Waals surface area (Å²) in [6, 6.07) is 2.05. The monoisotopic (exact) mass is 138 g/mol. The highest BCUT2D eigenvalue weighted by atomic mass is 19.1. The molecule has 0 aromatic heterocycles. The highest BCUT2D eigenvalue weighted by Crippen LogP contribution is 2.04.